The van der Waals surface area contributed by atoms with E-state index in [4.69, 9.17) is 0 Å². The Hall–Kier alpha value is -2.80. The van der Waals surface area contributed by atoms with Crippen LogP contribution in [0.15, 0.2) is 41.3 Å². The van der Waals surface area contributed by atoms with Gasteiger partial charge in [0, 0.05) is 31.8 Å². The topological polar surface area (TPSA) is 87.1 Å². The Morgan fingerprint density at radius 2 is 2.16 bits per heavy atom. The standard InChI is InChI=1S/C18H21N5O2/c1-22-8-2-4-15(22)16-5-3-9-23(16)11-17(24)19-12-6-7-13-14(10-12)21-18(25)20-13/h2,4,6-8,10,16H,3,5,9,11H2,1H3,(H,19,24)(H2,20,21,25)/p+1/t16-/m0/s1. The van der Waals surface area contributed by atoms with Gasteiger partial charge < -0.3 is 24.8 Å². The first-order valence-corrected chi connectivity index (χ1v) is 8.58. The van der Waals surface area contributed by atoms with Gasteiger partial charge in [0.25, 0.3) is 5.91 Å². The highest BCUT2D eigenvalue weighted by atomic mass is 16.2. The van der Waals surface area contributed by atoms with Crippen LogP contribution < -0.4 is 15.9 Å². The molecule has 2 aromatic heterocycles. The second-order valence-corrected chi connectivity index (χ2v) is 6.71. The molecule has 0 bridgehead atoms. The summed E-state index contributed by atoms with van der Waals surface area (Å²) in [4.78, 5) is 30.5. The lowest BCUT2D eigenvalue weighted by molar-refractivity contribution is -0.910. The summed E-state index contributed by atoms with van der Waals surface area (Å²) in [6, 6.07) is 9.94. The molecule has 1 aliphatic rings. The molecule has 4 rings (SSSR count). The third-order valence-corrected chi connectivity index (χ3v) is 5.01. The average Bonchev–Trinajstić information content (AvgIpc) is 3.26. The van der Waals surface area contributed by atoms with Crippen molar-refractivity contribution in [3.63, 3.8) is 0 Å². The van der Waals surface area contributed by atoms with Crippen molar-refractivity contribution in [2.75, 3.05) is 18.4 Å². The molecule has 7 heteroatoms. The minimum Gasteiger partial charge on any atom is -0.350 e. The average molecular weight is 340 g/mol. The van der Waals surface area contributed by atoms with E-state index in [1.807, 2.05) is 0 Å². The highest BCUT2D eigenvalue weighted by Crippen LogP contribution is 2.19. The van der Waals surface area contributed by atoms with E-state index in [2.05, 4.69) is 45.2 Å². The van der Waals surface area contributed by atoms with Gasteiger partial charge in [-0.05, 0) is 30.3 Å². The zero-order chi connectivity index (χ0) is 17.4. The van der Waals surface area contributed by atoms with E-state index in [1.54, 1.807) is 18.2 Å². The van der Waals surface area contributed by atoms with E-state index in [1.165, 1.54) is 10.6 Å². The van der Waals surface area contributed by atoms with Crippen LogP contribution in [-0.2, 0) is 11.8 Å². The molecule has 1 aliphatic heterocycles. The van der Waals surface area contributed by atoms with Gasteiger partial charge in [-0.3, -0.25) is 4.79 Å². The van der Waals surface area contributed by atoms with Crippen LogP contribution in [0.4, 0.5) is 5.69 Å². The molecule has 3 aromatic rings. The maximum absolute atomic E-state index is 12.5. The number of likely N-dealkylation sites (tertiary alicyclic amines) is 1. The van der Waals surface area contributed by atoms with Gasteiger partial charge in [0.2, 0.25) is 0 Å². The van der Waals surface area contributed by atoms with Gasteiger partial charge in [0.05, 0.1) is 23.3 Å². The fourth-order valence-electron chi connectivity index (χ4n) is 3.84. The van der Waals surface area contributed by atoms with E-state index in [0.717, 1.165) is 24.9 Å². The number of fused-ring (bicyclic) bond motifs is 1. The van der Waals surface area contributed by atoms with Gasteiger partial charge in [-0.15, -0.1) is 0 Å². The third kappa shape index (κ3) is 3.10. The monoisotopic (exact) mass is 340 g/mol. The number of nitrogens with zero attached hydrogens (tertiary/aromatic N) is 1. The lowest BCUT2D eigenvalue weighted by Crippen LogP contribution is -3.11. The lowest BCUT2D eigenvalue weighted by atomic mass is 10.1. The summed E-state index contributed by atoms with van der Waals surface area (Å²) >= 11 is 0. The number of carbonyl (C=O) groups excluding carboxylic acids is 1. The number of H-pyrrole nitrogens is 2. The predicted molar refractivity (Wildman–Crippen MR) is 95.6 cm³/mol. The number of aromatic nitrogens is 3. The lowest BCUT2D eigenvalue weighted by Gasteiger charge is -2.21. The Balaban J connectivity index is 1.45. The zero-order valence-electron chi connectivity index (χ0n) is 14.1. The third-order valence-electron chi connectivity index (χ3n) is 5.01. The Bertz CT molecular complexity index is 967. The van der Waals surface area contributed by atoms with Crippen molar-refractivity contribution in [1.29, 1.82) is 0 Å². The van der Waals surface area contributed by atoms with Crippen LogP contribution in [0, 0.1) is 0 Å². The number of hydrogen-bond donors (Lipinski definition) is 4. The minimum absolute atomic E-state index is 0.00616. The van der Waals surface area contributed by atoms with Crippen molar-refractivity contribution >= 4 is 22.6 Å². The van der Waals surface area contributed by atoms with E-state index < -0.39 is 0 Å². The normalized spacial score (nSPS) is 20.2. The van der Waals surface area contributed by atoms with Crippen LogP contribution in [0.3, 0.4) is 0 Å². The van der Waals surface area contributed by atoms with E-state index in [-0.39, 0.29) is 11.6 Å². The first kappa shape index (κ1) is 15.7. The van der Waals surface area contributed by atoms with Crippen LogP contribution in [0.5, 0.6) is 0 Å². The molecule has 4 N–H and O–H groups in total. The molecule has 1 saturated heterocycles. The molecule has 0 aliphatic carbocycles. The number of aryl methyl sites for hydroxylation is 1. The van der Waals surface area contributed by atoms with Crippen molar-refractivity contribution in [3.8, 4) is 0 Å². The van der Waals surface area contributed by atoms with Crippen LogP contribution in [-0.4, -0.2) is 33.5 Å². The van der Waals surface area contributed by atoms with Crippen LogP contribution in [0.2, 0.25) is 0 Å². The molecule has 1 unspecified atom stereocenters. The number of anilines is 1. The summed E-state index contributed by atoms with van der Waals surface area (Å²) in [5, 5.41) is 2.95. The van der Waals surface area contributed by atoms with Gasteiger partial charge in [-0.25, -0.2) is 4.79 Å². The highest BCUT2D eigenvalue weighted by Gasteiger charge is 2.32. The Labute approximate surface area is 144 Å². The molecule has 1 fully saturated rings. The van der Waals surface area contributed by atoms with Gasteiger partial charge in [0.15, 0.2) is 6.54 Å². The molecule has 7 nitrogen and oxygen atoms in total. The second kappa shape index (κ2) is 6.25. The molecule has 1 aromatic carbocycles. The SMILES string of the molecule is Cn1cccc1[C@@H]1CCC[NH+]1CC(=O)Nc1ccc2[nH]c(=O)[nH]c2c1. The molecule has 0 saturated carbocycles. The van der Waals surface area contributed by atoms with Crippen LogP contribution in [0.25, 0.3) is 11.0 Å². The maximum atomic E-state index is 12.5. The maximum Gasteiger partial charge on any atom is 0.323 e. The van der Waals surface area contributed by atoms with Crippen molar-refractivity contribution < 1.29 is 9.69 Å². The smallest absolute Gasteiger partial charge is 0.323 e. The summed E-state index contributed by atoms with van der Waals surface area (Å²) in [5.74, 6) is -0.00616. The molecule has 25 heavy (non-hydrogen) atoms. The fourth-order valence-corrected chi connectivity index (χ4v) is 3.84. The Morgan fingerprint density at radius 1 is 1.32 bits per heavy atom. The first-order chi connectivity index (χ1) is 12.1. The number of amides is 1. The predicted octanol–water partition coefficient (Wildman–Crippen LogP) is 0.553. The summed E-state index contributed by atoms with van der Waals surface area (Å²) in [6.07, 6.45) is 4.30. The highest BCUT2D eigenvalue weighted by molar-refractivity contribution is 5.93. The summed E-state index contributed by atoms with van der Waals surface area (Å²) in [5.41, 5.74) is 3.16. The number of quaternary nitrogens is 1. The molecule has 1 amide bonds. The van der Waals surface area contributed by atoms with Crippen molar-refractivity contribution in [3.05, 3.63) is 52.7 Å². The Kier molecular flexibility index (Phi) is 3.93. The minimum atomic E-state index is -0.245. The summed E-state index contributed by atoms with van der Waals surface area (Å²) in [7, 11) is 2.05. The Morgan fingerprint density at radius 3 is 2.96 bits per heavy atom. The van der Waals surface area contributed by atoms with Crippen molar-refractivity contribution in [1.82, 2.24) is 14.5 Å². The number of carbonyl (C=O) groups is 1. The number of aromatic amines is 2. The largest absolute Gasteiger partial charge is 0.350 e. The molecule has 0 spiro atoms. The van der Waals surface area contributed by atoms with Gasteiger partial charge in [0.1, 0.15) is 6.04 Å². The number of benzene rings is 1. The fraction of sp³-hybridized carbons (Fsp3) is 0.333. The molecule has 130 valence electrons. The van der Waals surface area contributed by atoms with Gasteiger partial charge in [-0.1, -0.05) is 0 Å². The molecular formula is C18H22N5O2+. The van der Waals surface area contributed by atoms with E-state index in [0.29, 0.717) is 23.8 Å². The number of nitrogens with one attached hydrogen (secondary N) is 4. The second-order valence-electron chi connectivity index (χ2n) is 6.71. The molecule has 3 heterocycles. The summed E-state index contributed by atoms with van der Waals surface area (Å²) < 4.78 is 2.14. The number of hydrogen-bond acceptors (Lipinski definition) is 2. The first-order valence-electron chi connectivity index (χ1n) is 8.58. The van der Waals surface area contributed by atoms with Crippen LogP contribution >= 0.6 is 0 Å². The van der Waals surface area contributed by atoms with E-state index in [9.17, 15) is 9.59 Å². The number of imidazole rings is 1. The van der Waals surface area contributed by atoms with Gasteiger partial charge >= 0.3 is 5.69 Å². The quantitative estimate of drug-likeness (QED) is 0.559. The van der Waals surface area contributed by atoms with Crippen LogP contribution in [0.1, 0.15) is 24.6 Å². The van der Waals surface area contributed by atoms with Crippen molar-refractivity contribution in [2.45, 2.75) is 18.9 Å². The van der Waals surface area contributed by atoms with E-state index >= 15 is 0 Å². The molecule has 0 radical (unpaired) electrons. The van der Waals surface area contributed by atoms with Crippen molar-refractivity contribution in [2.24, 2.45) is 7.05 Å². The van der Waals surface area contributed by atoms with Gasteiger partial charge in [-0.2, -0.15) is 0 Å². The number of rotatable bonds is 4. The molecule has 2 atom stereocenters. The molecular weight excluding hydrogens is 318 g/mol. The summed E-state index contributed by atoms with van der Waals surface area (Å²) in [6.45, 7) is 1.45. The zero-order valence-corrected chi connectivity index (χ0v) is 14.1.